The molecule has 1 aromatic rings. The van der Waals surface area contributed by atoms with E-state index in [2.05, 4.69) is 10.0 Å². The van der Waals surface area contributed by atoms with Crippen LogP contribution in [0, 0.1) is 0 Å². The lowest BCUT2D eigenvalue weighted by molar-refractivity contribution is 0.471. The molecule has 0 spiro atoms. The fraction of sp³-hybridized carbons (Fsp3) is 0.600. The number of hydrogen-bond acceptors (Lipinski definition) is 3. The largest absolute Gasteiger partial charge is 0.381 e. The fourth-order valence-electron chi connectivity index (χ4n) is 2.73. The van der Waals surface area contributed by atoms with Gasteiger partial charge in [0.2, 0.25) is 10.0 Å². The third-order valence-corrected chi connectivity index (χ3v) is 4.67. The Balaban J connectivity index is 2.08. The molecule has 1 aliphatic rings. The zero-order valence-corrected chi connectivity index (χ0v) is 13.9. The van der Waals surface area contributed by atoms with Gasteiger partial charge in [0.25, 0.3) is 0 Å². The maximum atomic E-state index is 11.3. The van der Waals surface area contributed by atoms with E-state index in [4.69, 9.17) is 11.6 Å². The van der Waals surface area contributed by atoms with Crippen LogP contribution in [0.15, 0.2) is 18.2 Å². The normalized spacial score (nSPS) is 17.8. The first-order chi connectivity index (χ1) is 9.94. The van der Waals surface area contributed by atoms with Crippen LogP contribution in [0.1, 0.15) is 44.9 Å². The molecule has 1 fully saturated rings. The average molecular weight is 331 g/mol. The molecule has 1 aliphatic carbocycles. The van der Waals surface area contributed by atoms with Crippen LogP contribution in [0.5, 0.6) is 0 Å². The predicted molar refractivity (Wildman–Crippen MR) is 89.6 cm³/mol. The number of sulfonamides is 1. The molecule has 0 unspecified atom stereocenters. The fourth-order valence-corrected chi connectivity index (χ4v) is 3.46. The van der Waals surface area contributed by atoms with Crippen LogP contribution >= 0.6 is 11.6 Å². The van der Waals surface area contributed by atoms with E-state index in [1.807, 2.05) is 0 Å². The Hall–Kier alpha value is -0.940. The highest BCUT2D eigenvalue weighted by atomic mass is 35.5. The van der Waals surface area contributed by atoms with Crippen molar-refractivity contribution in [1.29, 1.82) is 0 Å². The molecule has 0 amide bonds. The summed E-state index contributed by atoms with van der Waals surface area (Å²) in [6.45, 7) is 0. The van der Waals surface area contributed by atoms with Gasteiger partial charge < -0.3 is 5.32 Å². The lowest BCUT2D eigenvalue weighted by Crippen LogP contribution is -2.21. The highest BCUT2D eigenvalue weighted by Gasteiger charge is 2.13. The van der Waals surface area contributed by atoms with E-state index in [0.29, 0.717) is 16.8 Å². The summed E-state index contributed by atoms with van der Waals surface area (Å²) < 4.78 is 25.1. The Bertz CT molecular complexity index is 567. The lowest BCUT2D eigenvalue weighted by Gasteiger charge is -2.23. The van der Waals surface area contributed by atoms with Crippen molar-refractivity contribution in [2.24, 2.45) is 0 Å². The van der Waals surface area contributed by atoms with Crippen molar-refractivity contribution in [1.82, 2.24) is 0 Å². The van der Waals surface area contributed by atoms with E-state index in [9.17, 15) is 8.42 Å². The molecule has 1 saturated carbocycles. The van der Waals surface area contributed by atoms with Crippen molar-refractivity contribution in [2.45, 2.75) is 51.0 Å². The molecule has 0 heterocycles. The first kappa shape index (κ1) is 16.4. The third-order valence-electron chi connectivity index (χ3n) is 3.73. The minimum absolute atomic E-state index is 0.413. The van der Waals surface area contributed by atoms with Gasteiger partial charge in [-0.25, -0.2) is 8.42 Å². The van der Waals surface area contributed by atoms with Crippen molar-refractivity contribution in [3.05, 3.63) is 23.2 Å². The summed E-state index contributed by atoms with van der Waals surface area (Å²) in [6.07, 6.45) is 9.81. The monoisotopic (exact) mass is 330 g/mol. The van der Waals surface area contributed by atoms with Gasteiger partial charge in [0.15, 0.2) is 0 Å². The van der Waals surface area contributed by atoms with E-state index in [1.54, 1.807) is 18.2 Å². The molecule has 1 aromatic carbocycles. The quantitative estimate of drug-likeness (QED) is 0.868. The van der Waals surface area contributed by atoms with Gasteiger partial charge in [0, 0.05) is 6.04 Å². The molecule has 4 nitrogen and oxygen atoms in total. The smallest absolute Gasteiger partial charge is 0.229 e. The van der Waals surface area contributed by atoms with Crippen LogP contribution in [-0.2, 0) is 10.0 Å². The van der Waals surface area contributed by atoms with E-state index >= 15 is 0 Å². The Morgan fingerprint density at radius 3 is 2.33 bits per heavy atom. The van der Waals surface area contributed by atoms with Gasteiger partial charge in [-0.15, -0.1) is 0 Å². The van der Waals surface area contributed by atoms with Crippen molar-refractivity contribution in [2.75, 3.05) is 16.3 Å². The molecule has 0 bridgehead atoms. The third kappa shape index (κ3) is 5.75. The van der Waals surface area contributed by atoms with Crippen molar-refractivity contribution in [3.63, 3.8) is 0 Å². The number of nitrogens with one attached hydrogen (secondary N) is 2. The van der Waals surface area contributed by atoms with Crippen molar-refractivity contribution in [3.8, 4) is 0 Å². The van der Waals surface area contributed by atoms with Gasteiger partial charge >= 0.3 is 0 Å². The number of anilines is 2. The van der Waals surface area contributed by atoms with Gasteiger partial charge in [-0.3, -0.25) is 4.72 Å². The van der Waals surface area contributed by atoms with Crippen LogP contribution in [0.3, 0.4) is 0 Å². The van der Waals surface area contributed by atoms with E-state index in [-0.39, 0.29) is 0 Å². The zero-order chi connectivity index (χ0) is 15.3. The van der Waals surface area contributed by atoms with Gasteiger partial charge in [0.05, 0.1) is 22.7 Å². The first-order valence-electron chi connectivity index (χ1n) is 7.48. The molecule has 0 radical (unpaired) electrons. The summed E-state index contributed by atoms with van der Waals surface area (Å²) in [5.41, 5.74) is 1.34. The molecule has 2 N–H and O–H groups in total. The molecule has 0 aromatic heterocycles. The summed E-state index contributed by atoms with van der Waals surface area (Å²) >= 11 is 6.22. The summed E-state index contributed by atoms with van der Waals surface area (Å²) in [6, 6.07) is 5.58. The minimum atomic E-state index is -3.27. The molecule has 0 atom stereocenters. The molecule has 2 rings (SSSR count). The summed E-state index contributed by atoms with van der Waals surface area (Å²) in [4.78, 5) is 0. The summed E-state index contributed by atoms with van der Waals surface area (Å²) in [5, 5.41) is 4.10. The zero-order valence-electron chi connectivity index (χ0n) is 12.4. The maximum absolute atomic E-state index is 11.3. The first-order valence-corrected chi connectivity index (χ1v) is 9.75. The van der Waals surface area contributed by atoms with Gasteiger partial charge in [-0.1, -0.05) is 43.7 Å². The topological polar surface area (TPSA) is 58.2 Å². The summed E-state index contributed by atoms with van der Waals surface area (Å²) in [5.74, 6) is 0. The average Bonchev–Trinajstić information content (AvgIpc) is 2.34. The highest BCUT2D eigenvalue weighted by Crippen LogP contribution is 2.29. The van der Waals surface area contributed by atoms with Crippen molar-refractivity contribution < 1.29 is 8.42 Å². The van der Waals surface area contributed by atoms with Crippen LogP contribution in [-0.4, -0.2) is 20.7 Å². The van der Waals surface area contributed by atoms with Crippen molar-refractivity contribution >= 4 is 33.0 Å². The molecule has 118 valence electrons. The van der Waals surface area contributed by atoms with Gasteiger partial charge in [-0.2, -0.15) is 0 Å². The van der Waals surface area contributed by atoms with Crippen LogP contribution in [0.25, 0.3) is 0 Å². The standard InChI is InChI=1S/C15H23ClN2O2S/c1-21(19,20)18-13-9-10-14(16)15(11-13)17-12-7-5-3-2-4-6-8-12/h9-12,17-18H,2-8H2,1H3. The SMILES string of the molecule is CS(=O)(=O)Nc1ccc(Cl)c(NC2CCCCCCC2)c1. The van der Waals surface area contributed by atoms with Crippen LogP contribution < -0.4 is 10.0 Å². The van der Waals surface area contributed by atoms with Crippen LogP contribution in [0.4, 0.5) is 11.4 Å². The van der Waals surface area contributed by atoms with E-state index in [1.165, 1.54) is 32.1 Å². The molecule has 21 heavy (non-hydrogen) atoms. The Morgan fingerprint density at radius 2 is 1.71 bits per heavy atom. The molecular formula is C15H23ClN2O2S. The second-order valence-electron chi connectivity index (χ2n) is 5.76. The van der Waals surface area contributed by atoms with E-state index < -0.39 is 10.0 Å². The van der Waals surface area contributed by atoms with Gasteiger partial charge in [-0.05, 0) is 31.0 Å². The number of halogens is 1. The predicted octanol–water partition coefficient (Wildman–Crippen LogP) is 4.24. The van der Waals surface area contributed by atoms with Gasteiger partial charge in [0.1, 0.15) is 0 Å². The van der Waals surface area contributed by atoms with Crippen LogP contribution in [0.2, 0.25) is 5.02 Å². The molecular weight excluding hydrogens is 308 g/mol. The Kier molecular flexibility index (Phi) is 5.76. The summed E-state index contributed by atoms with van der Waals surface area (Å²) in [7, 11) is -3.27. The highest BCUT2D eigenvalue weighted by molar-refractivity contribution is 7.92. The number of hydrogen-bond donors (Lipinski definition) is 2. The Labute approximate surface area is 132 Å². The second kappa shape index (κ2) is 7.36. The molecule has 0 saturated heterocycles. The molecule has 0 aliphatic heterocycles. The number of benzene rings is 1. The number of rotatable bonds is 4. The Morgan fingerprint density at radius 1 is 1.10 bits per heavy atom. The van der Waals surface area contributed by atoms with E-state index in [0.717, 1.165) is 24.8 Å². The second-order valence-corrected chi connectivity index (χ2v) is 7.91. The molecule has 6 heteroatoms. The maximum Gasteiger partial charge on any atom is 0.229 e. The lowest BCUT2D eigenvalue weighted by atomic mass is 9.96. The minimum Gasteiger partial charge on any atom is -0.381 e.